The molecule has 84 valence electrons. The second-order valence-electron chi connectivity index (χ2n) is 2.67. The van der Waals surface area contributed by atoms with Crippen LogP contribution in [0.15, 0.2) is 4.34 Å². The summed E-state index contributed by atoms with van der Waals surface area (Å²) in [6, 6.07) is 0. The van der Waals surface area contributed by atoms with E-state index in [1.807, 2.05) is 6.92 Å². The molecule has 1 N–H and O–H groups in total. The molecule has 0 aromatic carbocycles. The van der Waals surface area contributed by atoms with Gasteiger partial charge in [-0.1, -0.05) is 52.9 Å². The minimum absolute atomic E-state index is 0.0679. The number of carbonyl (C=O) groups is 1. The topological polar surface area (TPSA) is 54.9 Å². The van der Waals surface area contributed by atoms with Gasteiger partial charge in [0.2, 0.25) is 11.0 Å². The number of rotatable bonds is 5. The molecule has 4 nitrogen and oxygen atoms in total. The molecule has 0 saturated carbocycles. The molecule has 1 atom stereocenters. The van der Waals surface area contributed by atoms with E-state index >= 15 is 0 Å². The summed E-state index contributed by atoms with van der Waals surface area (Å²) < 4.78 is 0.885. The van der Waals surface area contributed by atoms with Gasteiger partial charge in [0.15, 0.2) is 4.34 Å². The third-order valence-electron chi connectivity index (χ3n) is 1.55. The fourth-order valence-corrected chi connectivity index (χ4v) is 2.58. The van der Waals surface area contributed by atoms with Crippen molar-refractivity contribution in [1.82, 2.24) is 10.2 Å². The zero-order valence-corrected chi connectivity index (χ0v) is 11.7. The minimum Gasteiger partial charge on any atom is -0.300 e. The predicted molar refractivity (Wildman–Crippen MR) is 67.9 cm³/mol. The van der Waals surface area contributed by atoms with Crippen molar-refractivity contribution in [3.63, 3.8) is 0 Å². The number of thioether (sulfide) groups is 1. The lowest BCUT2D eigenvalue weighted by Gasteiger charge is -2.04. The number of anilines is 1. The molecule has 1 heterocycles. The molecule has 15 heavy (non-hydrogen) atoms. The van der Waals surface area contributed by atoms with Crippen molar-refractivity contribution in [1.29, 1.82) is 0 Å². The van der Waals surface area contributed by atoms with E-state index in [2.05, 4.69) is 38.4 Å². The number of hydrogen-bond donors (Lipinski definition) is 1. The molecule has 1 amide bonds. The van der Waals surface area contributed by atoms with Gasteiger partial charge in [-0.05, 0) is 12.2 Å². The van der Waals surface area contributed by atoms with Gasteiger partial charge in [0.25, 0.3) is 0 Å². The van der Waals surface area contributed by atoms with Crippen LogP contribution >= 0.6 is 39.0 Å². The molecule has 0 aliphatic heterocycles. The van der Waals surface area contributed by atoms with Crippen LogP contribution in [0.3, 0.4) is 0 Å². The third-order valence-corrected chi connectivity index (χ3v) is 4.46. The Hall–Kier alpha value is -0.140. The average molecular weight is 310 g/mol. The first-order valence-corrected chi connectivity index (χ1v) is 7.30. The first-order valence-electron chi connectivity index (χ1n) is 4.58. The Kier molecular flexibility index (Phi) is 5.55. The normalized spacial score (nSPS) is 12.5. The SMILES string of the molecule is CCSc1nnc(NC(=O)[C@H](Br)CC)s1. The van der Waals surface area contributed by atoms with E-state index in [1.165, 1.54) is 11.3 Å². The highest BCUT2D eigenvalue weighted by Crippen LogP contribution is 2.25. The van der Waals surface area contributed by atoms with Crippen LogP contribution in [0.1, 0.15) is 20.3 Å². The maximum atomic E-state index is 11.5. The molecule has 1 rings (SSSR count). The second-order valence-corrected chi connectivity index (χ2v) is 6.27. The molecule has 0 bridgehead atoms. The summed E-state index contributed by atoms with van der Waals surface area (Å²) in [5.41, 5.74) is 0. The van der Waals surface area contributed by atoms with Crippen LogP contribution in [0.4, 0.5) is 5.13 Å². The number of alkyl halides is 1. The molecule has 7 heteroatoms. The molecule has 0 aliphatic rings. The number of carbonyl (C=O) groups excluding carboxylic acids is 1. The second kappa shape index (κ2) is 6.44. The van der Waals surface area contributed by atoms with Gasteiger partial charge in [-0.2, -0.15) is 0 Å². The van der Waals surface area contributed by atoms with Crippen LogP contribution in [0.2, 0.25) is 0 Å². The van der Waals surface area contributed by atoms with E-state index in [-0.39, 0.29) is 10.7 Å². The van der Waals surface area contributed by atoms with Crippen molar-refractivity contribution < 1.29 is 4.79 Å². The summed E-state index contributed by atoms with van der Waals surface area (Å²) in [7, 11) is 0. The van der Waals surface area contributed by atoms with Crippen LogP contribution in [-0.2, 0) is 4.79 Å². The highest BCUT2D eigenvalue weighted by molar-refractivity contribution is 9.10. The van der Waals surface area contributed by atoms with Gasteiger partial charge in [-0.25, -0.2) is 0 Å². The number of aromatic nitrogens is 2. The van der Waals surface area contributed by atoms with Crippen LogP contribution < -0.4 is 5.32 Å². The van der Waals surface area contributed by atoms with E-state index in [1.54, 1.807) is 11.8 Å². The Balaban J connectivity index is 2.53. The summed E-state index contributed by atoms with van der Waals surface area (Å²) in [5, 5.41) is 11.1. The van der Waals surface area contributed by atoms with E-state index < -0.39 is 0 Å². The van der Waals surface area contributed by atoms with Crippen molar-refractivity contribution >= 4 is 50.1 Å². The predicted octanol–water partition coefficient (Wildman–Crippen LogP) is 2.76. The molecule has 0 radical (unpaired) electrons. The molecule has 1 aromatic heterocycles. The number of amides is 1. The first kappa shape index (κ1) is 12.9. The van der Waals surface area contributed by atoms with Gasteiger partial charge in [0.05, 0.1) is 4.83 Å². The van der Waals surface area contributed by atoms with Gasteiger partial charge in [0.1, 0.15) is 0 Å². The summed E-state index contributed by atoms with van der Waals surface area (Å²) >= 11 is 6.30. The molecule has 1 aromatic rings. The van der Waals surface area contributed by atoms with Gasteiger partial charge in [-0.3, -0.25) is 10.1 Å². The number of nitrogens with one attached hydrogen (secondary N) is 1. The summed E-state index contributed by atoms with van der Waals surface area (Å²) in [6.45, 7) is 3.99. The Bertz CT molecular complexity index is 331. The van der Waals surface area contributed by atoms with Crippen LogP contribution in [0, 0.1) is 0 Å². The van der Waals surface area contributed by atoms with Gasteiger partial charge in [0, 0.05) is 0 Å². The van der Waals surface area contributed by atoms with Crippen molar-refractivity contribution in [3.8, 4) is 0 Å². The fourth-order valence-electron chi connectivity index (χ4n) is 0.811. The molecule has 0 saturated heterocycles. The molecule has 0 aliphatic carbocycles. The van der Waals surface area contributed by atoms with Crippen LogP contribution in [-0.4, -0.2) is 26.7 Å². The number of halogens is 1. The average Bonchev–Trinajstić information content (AvgIpc) is 2.65. The monoisotopic (exact) mass is 309 g/mol. The number of hydrogen-bond acceptors (Lipinski definition) is 5. The quantitative estimate of drug-likeness (QED) is 0.516. The summed E-state index contributed by atoms with van der Waals surface area (Å²) in [5.74, 6) is 0.889. The lowest BCUT2D eigenvalue weighted by Crippen LogP contribution is -2.21. The van der Waals surface area contributed by atoms with Crippen LogP contribution in [0.5, 0.6) is 0 Å². The molecule has 0 fully saturated rings. The fraction of sp³-hybridized carbons (Fsp3) is 0.625. The van der Waals surface area contributed by atoms with E-state index in [0.717, 1.165) is 16.5 Å². The first-order chi connectivity index (χ1) is 7.17. The highest BCUT2D eigenvalue weighted by atomic mass is 79.9. The Morgan fingerprint density at radius 1 is 1.60 bits per heavy atom. The highest BCUT2D eigenvalue weighted by Gasteiger charge is 2.14. The third kappa shape index (κ3) is 4.08. The zero-order chi connectivity index (χ0) is 11.3. The van der Waals surface area contributed by atoms with Gasteiger partial charge in [-0.15, -0.1) is 10.2 Å². The van der Waals surface area contributed by atoms with Gasteiger partial charge < -0.3 is 0 Å². The lowest BCUT2D eigenvalue weighted by molar-refractivity contribution is -0.115. The van der Waals surface area contributed by atoms with Crippen molar-refractivity contribution in [2.24, 2.45) is 0 Å². The van der Waals surface area contributed by atoms with E-state index in [4.69, 9.17) is 0 Å². The zero-order valence-electron chi connectivity index (χ0n) is 8.49. The van der Waals surface area contributed by atoms with Crippen molar-refractivity contribution in [2.45, 2.75) is 29.4 Å². The van der Waals surface area contributed by atoms with E-state index in [9.17, 15) is 4.79 Å². The lowest BCUT2D eigenvalue weighted by atomic mass is 10.3. The summed E-state index contributed by atoms with van der Waals surface area (Å²) in [4.78, 5) is 11.3. The van der Waals surface area contributed by atoms with Crippen LogP contribution in [0.25, 0.3) is 0 Å². The Morgan fingerprint density at radius 2 is 2.33 bits per heavy atom. The van der Waals surface area contributed by atoms with Crippen molar-refractivity contribution in [3.05, 3.63) is 0 Å². The maximum absolute atomic E-state index is 11.5. The van der Waals surface area contributed by atoms with E-state index in [0.29, 0.717) is 5.13 Å². The molecular weight excluding hydrogens is 298 g/mol. The molecular formula is C8H12BrN3OS2. The largest absolute Gasteiger partial charge is 0.300 e. The standard InChI is InChI=1S/C8H12BrN3OS2/c1-3-5(9)6(13)10-7-11-12-8(15-7)14-4-2/h5H,3-4H2,1-2H3,(H,10,11,13)/t5-/m1/s1. The smallest absolute Gasteiger partial charge is 0.239 e. The summed E-state index contributed by atoms with van der Waals surface area (Å²) in [6.07, 6.45) is 0.751. The minimum atomic E-state index is -0.163. The maximum Gasteiger partial charge on any atom is 0.239 e. The number of nitrogens with zero attached hydrogens (tertiary/aromatic N) is 2. The van der Waals surface area contributed by atoms with Gasteiger partial charge >= 0.3 is 0 Å². The Morgan fingerprint density at radius 3 is 2.93 bits per heavy atom. The molecule has 0 unspecified atom stereocenters. The van der Waals surface area contributed by atoms with Crippen molar-refractivity contribution in [2.75, 3.05) is 11.1 Å². The Labute approximate surface area is 105 Å². The molecule has 0 spiro atoms.